The Morgan fingerprint density at radius 2 is 2.04 bits per heavy atom. The number of benzene rings is 1. The number of fused-ring (bicyclic) bond motifs is 1. The van der Waals surface area contributed by atoms with Crippen LogP contribution in [0.25, 0.3) is 5.65 Å². The van der Waals surface area contributed by atoms with Gasteiger partial charge in [0.15, 0.2) is 5.96 Å². The number of guanidine groups is 1. The van der Waals surface area contributed by atoms with Crippen LogP contribution in [0, 0.1) is 0 Å². The summed E-state index contributed by atoms with van der Waals surface area (Å²) in [5, 5.41) is 3.14. The van der Waals surface area contributed by atoms with Gasteiger partial charge < -0.3 is 15.5 Å². The summed E-state index contributed by atoms with van der Waals surface area (Å²) in [6.07, 6.45) is 5.92. The number of hydrogen-bond acceptors (Lipinski definition) is 2. The van der Waals surface area contributed by atoms with Gasteiger partial charge in [-0.1, -0.05) is 32.0 Å². The maximum Gasteiger partial charge on any atom is 0.193 e. The van der Waals surface area contributed by atoms with Crippen LogP contribution in [-0.2, 0) is 6.42 Å². The molecule has 0 aliphatic heterocycles. The van der Waals surface area contributed by atoms with Crippen LogP contribution < -0.4 is 11.1 Å². The van der Waals surface area contributed by atoms with Crippen LogP contribution in [0.4, 0.5) is 5.69 Å². The molecule has 0 amide bonds. The molecule has 5 nitrogen and oxygen atoms in total. The van der Waals surface area contributed by atoms with Gasteiger partial charge in [0, 0.05) is 31.0 Å². The summed E-state index contributed by atoms with van der Waals surface area (Å²) in [5.41, 5.74) is 10.3. The number of aromatic nitrogens is 2. The van der Waals surface area contributed by atoms with Gasteiger partial charge >= 0.3 is 0 Å². The highest BCUT2D eigenvalue weighted by atomic mass is 15.1. The van der Waals surface area contributed by atoms with E-state index in [9.17, 15) is 0 Å². The van der Waals surface area contributed by atoms with Crippen molar-refractivity contribution in [3.8, 4) is 0 Å². The molecule has 1 aromatic carbocycles. The molecule has 0 radical (unpaired) electrons. The van der Waals surface area contributed by atoms with E-state index in [-0.39, 0.29) is 0 Å². The van der Waals surface area contributed by atoms with E-state index in [1.165, 1.54) is 5.56 Å². The van der Waals surface area contributed by atoms with Gasteiger partial charge in [-0.2, -0.15) is 0 Å². The van der Waals surface area contributed by atoms with Crippen LogP contribution >= 0.6 is 0 Å². The molecule has 1 atom stereocenters. The minimum Gasteiger partial charge on any atom is -0.370 e. The van der Waals surface area contributed by atoms with Crippen molar-refractivity contribution in [1.82, 2.24) is 9.38 Å². The average Bonchev–Trinajstić information content (AvgIpc) is 3.04. The Hall–Kier alpha value is -2.82. The van der Waals surface area contributed by atoms with Gasteiger partial charge in [-0.25, -0.2) is 4.98 Å². The molecule has 3 N–H and O–H groups in total. The first-order valence-electron chi connectivity index (χ1n) is 8.75. The topological polar surface area (TPSA) is 67.7 Å². The number of pyridine rings is 1. The second-order valence-electron chi connectivity index (χ2n) is 6.27. The molecule has 25 heavy (non-hydrogen) atoms. The number of imidazole rings is 1. The van der Waals surface area contributed by atoms with Crippen molar-refractivity contribution in [3.63, 3.8) is 0 Å². The molecule has 2 heterocycles. The Morgan fingerprint density at radius 3 is 2.76 bits per heavy atom. The summed E-state index contributed by atoms with van der Waals surface area (Å²) < 4.78 is 2.01. The van der Waals surface area contributed by atoms with Crippen molar-refractivity contribution >= 4 is 17.3 Å². The van der Waals surface area contributed by atoms with E-state index in [4.69, 9.17) is 5.73 Å². The number of nitrogens with zero attached hydrogens (tertiary/aromatic N) is 3. The number of aliphatic imine (C=N–C) groups is 1. The van der Waals surface area contributed by atoms with Crippen molar-refractivity contribution in [1.29, 1.82) is 0 Å². The number of anilines is 1. The first-order valence-corrected chi connectivity index (χ1v) is 8.75. The zero-order valence-electron chi connectivity index (χ0n) is 14.8. The highest BCUT2D eigenvalue weighted by Crippen LogP contribution is 2.20. The molecular formula is C20H25N5. The molecule has 3 aromatic rings. The van der Waals surface area contributed by atoms with E-state index >= 15 is 0 Å². The number of rotatable bonds is 6. The molecule has 2 aromatic heterocycles. The zero-order chi connectivity index (χ0) is 17.6. The Kier molecular flexibility index (Phi) is 5.33. The standard InChI is InChI=1S/C20H25N5/c1-3-15(2)16-7-9-17(10-8-16)24-20(21)22-12-11-18-14-25-13-5-4-6-19(25)23-18/h4-10,13-15H,3,11-12H2,1-2H3,(H3,21,22,24). The predicted molar refractivity (Wildman–Crippen MR) is 104 cm³/mol. The Bertz CT molecular complexity index is 815. The minimum atomic E-state index is 0.431. The summed E-state index contributed by atoms with van der Waals surface area (Å²) in [5.74, 6) is 1.01. The molecule has 0 fully saturated rings. The predicted octanol–water partition coefficient (Wildman–Crippen LogP) is 3.82. The molecule has 1 unspecified atom stereocenters. The molecule has 5 heteroatoms. The summed E-state index contributed by atoms with van der Waals surface area (Å²) in [4.78, 5) is 8.95. The van der Waals surface area contributed by atoms with Crippen molar-refractivity contribution < 1.29 is 0 Å². The Balaban J connectivity index is 1.54. The molecule has 0 spiro atoms. The van der Waals surface area contributed by atoms with Crippen molar-refractivity contribution in [3.05, 3.63) is 66.1 Å². The highest BCUT2D eigenvalue weighted by Gasteiger charge is 2.03. The van der Waals surface area contributed by atoms with Gasteiger partial charge in [0.1, 0.15) is 5.65 Å². The third kappa shape index (κ3) is 4.38. The second kappa shape index (κ2) is 7.83. The molecule has 0 saturated carbocycles. The van der Waals surface area contributed by atoms with E-state index in [2.05, 4.69) is 41.3 Å². The molecule has 0 bridgehead atoms. The third-order valence-electron chi connectivity index (χ3n) is 4.43. The largest absolute Gasteiger partial charge is 0.370 e. The third-order valence-corrected chi connectivity index (χ3v) is 4.43. The Labute approximate surface area is 148 Å². The molecule has 0 saturated heterocycles. The molecule has 3 rings (SSSR count). The van der Waals surface area contributed by atoms with Gasteiger partial charge in [0.2, 0.25) is 0 Å². The van der Waals surface area contributed by atoms with E-state index < -0.39 is 0 Å². The minimum absolute atomic E-state index is 0.431. The van der Waals surface area contributed by atoms with E-state index in [1.807, 2.05) is 47.1 Å². The molecule has 0 aliphatic rings. The maximum absolute atomic E-state index is 5.98. The Morgan fingerprint density at radius 1 is 1.24 bits per heavy atom. The van der Waals surface area contributed by atoms with Crippen LogP contribution in [0.2, 0.25) is 0 Å². The van der Waals surface area contributed by atoms with Gasteiger partial charge in [-0.05, 0) is 42.2 Å². The number of nitrogens with one attached hydrogen (secondary N) is 1. The van der Waals surface area contributed by atoms with Gasteiger partial charge in [0.05, 0.1) is 5.69 Å². The van der Waals surface area contributed by atoms with Gasteiger partial charge in [-0.3, -0.25) is 4.99 Å². The number of nitrogens with two attached hydrogens (primary N) is 1. The average molecular weight is 335 g/mol. The second-order valence-corrected chi connectivity index (χ2v) is 6.27. The van der Waals surface area contributed by atoms with E-state index in [1.54, 1.807) is 0 Å². The molecule has 0 aliphatic carbocycles. The van der Waals surface area contributed by atoms with Crippen LogP contribution in [0.3, 0.4) is 0 Å². The van der Waals surface area contributed by atoms with Gasteiger partial charge in [0.25, 0.3) is 0 Å². The first-order chi connectivity index (χ1) is 12.2. The normalized spacial score (nSPS) is 13.1. The van der Waals surface area contributed by atoms with E-state index in [0.717, 1.165) is 29.9 Å². The quantitative estimate of drug-likeness (QED) is 0.531. The zero-order valence-corrected chi connectivity index (χ0v) is 14.8. The van der Waals surface area contributed by atoms with Crippen LogP contribution in [0.15, 0.2) is 59.9 Å². The summed E-state index contributed by atoms with van der Waals surface area (Å²) in [6.45, 7) is 5.04. The van der Waals surface area contributed by atoms with Crippen LogP contribution in [0.1, 0.15) is 37.4 Å². The van der Waals surface area contributed by atoms with Crippen molar-refractivity contribution in [2.75, 3.05) is 11.9 Å². The molecule has 130 valence electrons. The SMILES string of the molecule is CCC(C)c1ccc(NC(N)=NCCc2cn3ccccc3n2)cc1. The maximum atomic E-state index is 5.98. The van der Waals surface area contributed by atoms with E-state index in [0.29, 0.717) is 18.4 Å². The lowest BCUT2D eigenvalue weighted by Crippen LogP contribution is -2.23. The molecular weight excluding hydrogens is 310 g/mol. The van der Waals surface area contributed by atoms with Crippen molar-refractivity contribution in [2.45, 2.75) is 32.6 Å². The van der Waals surface area contributed by atoms with Crippen LogP contribution in [-0.4, -0.2) is 21.9 Å². The smallest absolute Gasteiger partial charge is 0.193 e. The lowest BCUT2D eigenvalue weighted by atomic mass is 9.99. The van der Waals surface area contributed by atoms with Gasteiger partial charge in [-0.15, -0.1) is 0 Å². The fraction of sp³-hybridized carbons (Fsp3) is 0.300. The summed E-state index contributed by atoms with van der Waals surface area (Å²) in [7, 11) is 0. The lowest BCUT2D eigenvalue weighted by Gasteiger charge is -2.10. The monoisotopic (exact) mass is 335 g/mol. The first kappa shape index (κ1) is 17.0. The van der Waals surface area contributed by atoms with Crippen LogP contribution in [0.5, 0.6) is 0 Å². The van der Waals surface area contributed by atoms with Crippen molar-refractivity contribution in [2.24, 2.45) is 10.7 Å². The number of hydrogen-bond donors (Lipinski definition) is 2. The summed E-state index contributed by atoms with van der Waals surface area (Å²) in [6, 6.07) is 14.3. The lowest BCUT2D eigenvalue weighted by molar-refractivity contribution is 0.734. The summed E-state index contributed by atoms with van der Waals surface area (Å²) >= 11 is 0. The fourth-order valence-electron chi connectivity index (χ4n) is 2.72. The highest BCUT2D eigenvalue weighted by molar-refractivity contribution is 5.92. The fourth-order valence-corrected chi connectivity index (χ4v) is 2.72.